The lowest BCUT2D eigenvalue weighted by Crippen LogP contribution is -2.51. The van der Waals surface area contributed by atoms with E-state index in [1.54, 1.807) is 22.4 Å². The SMILES string of the molecule is CCc1ccc(C2Oc3cc(-c4cnc([C@@H]5CCCN5C(=O)[C@@H](NC(=O)OC)C(C)C)[nH]4)cc(F)c3-c3cc4cc(/C(N)=C/N)ccc4n32)s1. The highest BCUT2D eigenvalue weighted by atomic mass is 32.1. The number of fused-ring (bicyclic) bond motifs is 5. The number of amides is 2. The Morgan fingerprint density at radius 1 is 1.22 bits per heavy atom. The van der Waals surface area contributed by atoms with Crippen molar-refractivity contribution in [3.05, 3.63) is 87.9 Å². The summed E-state index contributed by atoms with van der Waals surface area (Å²) in [5.41, 5.74) is 16.2. The van der Waals surface area contributed by atoms with Gasteiger partial charge in [-0.15, -0.1) is 11.3 Å². The lowest BCUT2D eigenvalue weighted by atomic mass is 10.0. The summed E-state index contributed by atoms with van der Waals surface area (Å²) in [6, 6.07) is 14.2. The van der Waals surface area contributed by atoms with Gasteiger partial charge in [-0.25, -0.2) is 14.2 Å². The van der Waals surface area contributed by atoms with Crippen molar-refractivity contribution in [1.82, 2.24) is 24.8 Å². The van der Waals surface area contributed by atoms with Crippen molar-refractivity contribution in [2.45, 2.75) is 58.3 Å². The van der Waals surface area contributed by atoms with E-state index in [1.807, 2.05) is 48.7 Å². The Hall–Kier alpha value is -5.30. The first-order chi connectivity index (χ1) is 24.1. The number of nitrogens with two attached hydrogens (primary N) is 2. The van der Waals surface area contributed by atoms with Crippen LogP contribution in [0.3, 0.4) is 0 Å². The van der Waals surface area contributed by atoms with Gasteiger partial charge in [-0.2, -0.15) is 0 Å². The van der Waals surface area contributed by atoms with Crippen molar-refractivity contribution in [3.8, 4) is 28.3 Å². The summed E-state index contributed by atoms with van der Waals surface area (Å²) in [5.74, 6) is 0.215. The number of carbonyl (C=O) groups is 2. The molecule has 11 nitrogen and oxygen atoms in total. The van der Waals surface area contributed by atoms with Crippen molar-refractivity contribution >= 4 is 39.9 Å². The molecule has 6 N–H and O–H groups in total. The maximum Gasteiger partial charge on any atom is 0.407 e. The average molecular weight is 698 g/mol. The number of rotatable bonds is 8. The van der Waals surface area contributed by atoms with Gasteiger partial charge in [0.1, 0.15) is 23.4 Å². The number of likely N-dealkylation sites (tertiary alicyclic amines) is 1. The molecule has 2 aliphatic rings. The fourth-order valence-corrected chi connectivity index (χ4v) is 7.93. The van der Waals surface area contributed by atoms with Crippen LogP contribution in [0.5, 0.6) is 5.75 Å². The van der Waals surface area contributed by atoms with E-state index in [0.717, 1.165) is 34.2 Å². The smallest absolute Gasteiger partial charge is 0.407 e. The van der Waals surface area contributed by atoms with Gasteiger partial charge in [0, 0.05) is 28.6 Å². The van der Waals surface area contributed by atoms with Crippen LogP contribution in [0.4, 0.5) is 9.18 Å². The molecular weight excluding hydrogens is 658 g/mol. The first-order valence-corrected chi connectivity index (χ1v) is 17.6. The van der Waals surface area contributed by atoms with Gasteiger partial charge in [-0.05, 0) is 73.2 Å². The summed E-state index contributed by atoms with van der Waals surface area (Å²) < 4.78 is 29.9. The first kappa shape index (κ1) is 33.2. The van der Waals surface area contributed by atoms with E-state index in [-0.39, 0.29) is 17.9 Å². The van der Waals surface area contributed by atoms with Gasteiger partial charge >= 0.3 is 6.09 Å². The number of imidazole rings is 1. The van der Waals surface area contributed by atoms with E-state index in [9.17, 15) is 9.59 Å². The zero-order valence-electron chi connectivity index (χ0n) is 28.3. The van der Waals surface area contributed by atoms with Gasteiger partial charge in [0.2, 0.25) is 12.1 Å². The van der Waals surface area contributed by atoms with Crippen LogP contribution in [0.1, 0.15) is 67.0 Å². The van der Waals surface area contributed by atoms with Crippen molar-refractivity contribution in [3.63, 3.8) is 0 Å². The fourth-order valence-electron chi connectivity index (χ4n) is 6.96. The second-order valence-corrected chi connectivity index (χ2v) is 14.2. The Morgan fingerprint density at radius 3 is 2.76 bits per heavy atom. The lowest BCUT2D eigenvalue weighted by Gasteiger charge is -2.30. The van der Waals surface area contributed by atoms with Gasteiger partial charge in [0.15, 0.2) is 0 Å². The molecule has 50 heavy (non-hydrogen) atoms. The molecule has 2 amide bonds. The third kappa shape index (κ3) is 5.74. The van der Waals surface area contributed by atoms with E-state index in [0.29, 0.717) is 52.8 Å². The monoisotopic (exact) mass is 697 g/mol. The third-order valence-corrected chi connectivity index (χ3v) is 10.8. The number of nitrogens with one attached hydrogen (secondary N) is 2. The number of ether oxygens (including phenoxy) is 2. The molecule has 7 rings (SSSR count). The molecule has 3 aromatic heterocycles. The zero-order valence-corrected chi connectivity index (χ0v) is 29.1. The number of H-pyrrole nitrogens is 1. The molecule has 5 aromatic rings. The summed E-state index contributed by atoms with van der Waals surface area (Å²) in [4.78, 5) is 37.6. The number of aryl methyl sites for hydroxylation is 1. The number of nitrogens with zero attached hydrogens (tertiary/aromatic N) is 3. The number of thiophene rings is 1. The summed E-state index contributed by atoms with van der Waals surface area (Å²) in [6.45, 7) is 6.39. The molecule has 2 aromatic carbocycles. The van der Waals surface area contributed by atoms with Crippen molar-refractivity contribution < 1.29 is 23.5 Å². The van der Waals surface area contributed by atoms with Crippen molar-refractivity contribution in [2.75, 3.05) is 13.7 Å². The predicted molar refractivity (Wildman–Crippen MR) is 192 cm³/mol. The highest BCUT2D eigenvalue weighted by Gasteiger charge is 2.38. The Balaban J connectivity index is 1.26. The fraction of sp³-hybridized carbons (Fsp3) is 0.324. The number of hydrogen-bond donors (Lipinski definition) is 4. The van der Waals surface area contributed by atoms with Crippen LogP contribution in [0.2, 0.25) is 0 Å². The van der Waals surface area contributed by atoms with Crippen molar-refractivity contribution in [1.29, 1.82) is 0 Å². The number of benzene rings is 2. The van der Waals surface area contributed by atoms with E-state index < -0.39 is 24.2 Å². The number of aromatic nitrogens is 3. The molecule has 0 spiro atoms. The van der Waals surface area contributed by atoms with Gasteiger partial charge in [0.05, 0.1) is 52.4 Å². The van der Waals surface area contributed by atoms with Crippen LogP contribution in [-0.4, -0.2) is 51.1 Å². The minimum absolute atomic E-state index is 0.151. The van der Waals surface area contributed by atoms with Crippen LogP contribution in [0.25, 0.3) is 39.1 Å². The summed E-state index contributed by atoms with van der Waals surface area (Å²) in [7, 11) is 1.27. The van der Waals surface area contributed by atoms with Crippen molar-refractivity contribution in [2.24, 2.45) is 17.4 Å². The average Bonchev–Trinajstić information content (AvgIpc) is 3.94. The maximum absolute atomic E-state index is 16.4. The molecule has 3 atom stereocenters. The Labute approximate surface area is 293 Å². The first-order valence-electron chi connectivity index (χ1n) is 16.7. The number of aromatic amines is 1. The maximum atomic E-state index is 16.4. The van der Waals surface area contributed by atoms with Gasteiger partial charge < -0.3 is 36.1 Å². The van der Waals surface area contributed by atoms with Gasteiger partial charge in [0.25, 0.3) is 0 Å². The summed E-state index contributed by atoms with van der Waals surface area (Å²) in [5, 5.41) is 3.56. The molecule has 1 fully saturated rings. The molecule has 1 unspecified atom stereocenters. The van der Waals surface area contributed by atoms with Crippen LogP contribution in [0.15, 0.2) is 60.9 Å². The highest BCUT2D eigenvalue weighted by Crippen LogP contribution is 2.48. The Kier molecular flexibility index (Phi) is 8.77. The summed E-state index contributed by atoms with van der Waals surface area (Å²) in [6.07, 6.45) is 4.22. The molecule has 0 radical (unpaired) electrons. The van der Waals surface area contributed by atoms with Crippen LogP contribution in [0, 0.1) is 11.7 Å². The van der Waals surface area contributed by atoms with E-state index in [1.165, 1.54) is 24.3 Å². The van der Waals surface area contributed by atoms with Crippen LogP contribution in [-0.2, 0) is 16.0 Å². The standard InChI is InChI=1S/C37H40FN7O4S/c1-5-23-9-11-31(50-23)36-45-27-10-8-20(25(40)17-39)13-22(27)15-29(45)32-24(38)14-21(16-30(32)49-36)26-18-41-34(42-26)28-7-6-12-44(28)35(46)33(19(2)3)43-37(47)48-4/h8-11,13-19,28,33,36H,5-7,12,39-40H2,1-4H3,(H,41,42)(H,43,47)/b25-17-/t28-,33-,36?/m0/s1. The molecular formula is C37H40FN7O4S. The number of methoxy groups -OCH3 is 1. The van der Waals surface area contributed by atoms with E-state index >= 15 is 4.39 Å². The molecule has 13 heteroatoms. The molecule has 1 saturated heterocycles. The Bertz CT molecular complexity index is 2130. The normalized spacial score (nSPS) is 17.8. The number of hydrogen-bond acceptors (Lipinski definition) is 8. The molecule has 260 valence electrons. The van der Waals surface area contributed by atoms with E-state index in [4.69, 9.17) is 20.9 Å². The molecule has 0 saturated carbocycles. The van der Waals surface area contributed by atoms with E-state index in [2.05, 4.69) is 34.3 Å². The van der Waals surface area contributed by atoms with Crippen LogP contribution < -0.4 is 21.5 Å². The predicted octanol–water partition coefficient (Wildman–Crippen LogP) is 6.66. The Morgan fingerprint density at radius 2 is 2.04 bits per heavy atom. The molecule has 0 aliphatic carbocycles. The quantitative estimate of drug-likeness (QED) is 0.141. The number of carbonyl (C=O) groups excluding carboxylic acids is 2. The second kappa shape index (κ2) is 13.2. The lowest BCUT2D eigenvalue weighted by molar-refractivity contribution is -0.135. The van der Waals surface area contributed by atoms with Gasteiger partial charge in [-0.3, -0.25) is 9.36 Å². The largest absolute Gasteiger partial charge is 0.464 e. The second-order valence-electron chi connectivity index (χ2n) is 13.0. The van der Waals surface area contributed by atoms with Gasteiger partial charge in [-0.1, -0.05) is 26.8 Å². The number of alkyl carbamates (subject to hydrolysis) is 1. The molecule has 5 heterocycles. The molecule has 0 bridgehead atoms. The highest BCUT2D eigenvalue weighted by molar-refractivity contribution is 7.12. The third-order valence-electron chi connectivity index (χ3n) is 9.56. The topological polar surface area (TPSA) is 154 Å². The summed E-state index contributed by atoms with van der Waals surface area (Å²) >= 11 is 1.67. The number of halogens is 1. The zero-order chi connectivity index (χ0) is 35.3. The minimum Gasteiger partial charge on any atom is -0.464 e. The van der Waals surface area contributed by atoms with Crippen LogP contribution >= 0.6 is 11.3 Å². The minimum atomic E-state index is -0.745. The molecule has 2 aliphatic heterocycles.